The lowest BCUT2D eigenvalue weighted by Crippen LogP contribution is -2.26. The van der Waals surface area contributed by atoms with Gasteiger partial charge in [-0.05, 0) is 18.2 Å². The van der Waals surface area contributed by atoms with Crippen molar-refractivity contribution in [2.75, 3.05) is 17.7 Å². The van der Waals surface area contributed by atoms with E-state index in [-0.39, 0.29) is 18.0 Å². The lowest BCUT2D eigenvalue weighted by molar-refractivity contribution is -0.117. The number of hydrogen-bond donors (Lipinski definition) is 2. The summed E-state index contributed by atoms with van der Waals surface area (Å²) in [5.74, 6) is -0.230. The molecule has 2 N–H and O–H groups in total. The van der Waals surface area contributed by atoms with Gasteiger partial charge in [0.15, 0.2) is 0 Å². The number of benzene rings is 1. The summed E-state index contributed by atoms with van der Waals surface area (Å²) in [4.78, 5) is 11.5. The SMILES string of the molecule is N#C/C(=C/Nc1cc(Cl)ccc1Cl)C(=O)NCCCl. The third-order valence-electron chi connectivity index (χ3n) is 2.05. The van der Waals surface area contributed by atoms with Crippen molar-refractivity contribution in [3.8, 4) is 6.07 Å². The molecule has 0 saturated heterocycles. The largest absolute Gasteiger partial charge is 0.359 e. The van der Waals surface area contributed by atoms with E-state index in [9.17, 15) is 4.79 Å². The number of hydrogen-bond acceptors (Lipinski definition) is 3. The molecule has 19 heavy (non-hydrogen) atoms. The zero-order valence-corrected chi connectivity index (χ0v) is 12.0. The van der Waals surface area contributed by atoms with Gasteiger partial charge in [-0.25, -0.2) is 0 Å². The molecule has 0 bridgehead atoms. The number of nitrogens with zero attached hydrogens (tertiary/aromatic N) is 1. The van der Waals surface area contributed by atoms with Gasteiger partial charge in [-0.1, -0.05) is 23.2 Å². The number of alkyl halides is 1. The van der Waals surface area contributed by atoms with Gasteiger partial charge >= 0.3 is 0 Å². The van der Waals surface area contributed by atoms with Crippen LogP contribution in [0.1, 0.15) is 0 Å². The Bertz CT molecular complexity index is 538. The first kappa shape index (κ1) is 15.6. The summed E-state index contributed by atoms with van der Waals surface area (Å²) in [7, 11) is 0. The maximum Gasteiger partial charge on any atom is 0.263 e. The lowest BCUT2D eigenvalue weighted by atomic mass is 10.2. The fourth-order valence-corrected chi connectivity index (χ4v) is 1.60. The Labute approximate surface area is 125 Å². The molecular weight excluding hydrogens is 309 g/mol. The summed E-state index contributed by atoms with van der Waals surface area (Å²) < 4.78 is 0. The number of carbonyl (C=O) groups is 1. The maximum atomic E-state index is 11.5. The maximum absolute atomic E-state index is 11.5. The third kappa shape index (κ3) is 4.99. The van der Waals surface area contributed by atoms with Crippen LogP contribution >= 0.6 is 34.8 Å². The number of anilines is 1. The molecule has 7 heteroatoms. The van der Waals surface area contributed by atoms with Crippen molar-refractivity contribution in [2.45, 2.75) is 0 Å². The number of nitriles is 1. The smallest absolute Gasteiger partial charge is 0.263 e. The minimum Gasteiger partial charge on any atom is -0.359 e. The van der Waals surface area contributed by atoms with E-state index in [1.807, 2.05) is 0 Å². The van der Waals surface area contributed by atoms with Gasteiger partial charge < -0.3 is 10.6 Å². The summed E-state index contributed by atoms with van der Waals surface area (Å²) >= 11 is 17.2. The van der Waals surface area contributed by atoms with Crippen LogP contribution in [0, 0.1) is 11.3 Å². The van der Waals surface area contributed by atoms with E-state index in [4.69, 9.17) is 40.1 Å². The average molecular weight is 319 g/mol. The molecule has 1 aromatic carbocycles. The molecule has 0 unspecified atom stereocenters. The van der Waals surface area contributed by atoms with Crippen molar-refractivity contribution < 1.29 is 4.79 Å². The molecule has 0 spiro atoms. The van der Waals surface area contributed by atoms with E-state index >= 15 is 0 Å². The van der Waals surface area contributed by atoms with Crippen molar-refractivity contribution >= 4 is 46.4 Å². The predicted octanol–water partition coefficient (Wildman–Crippen LogP) is 3.17. The molecule has 1 amide bonds. The van der Waals surface area contributed by atoms with Crippen LogP contribution in [0.4, 0.5) is 5.69 Å². The van der Waals surface area contributed by atoms with Gasteiger partial charge in [0.1, 0.15) is 11.6 Å². The number of rotatable bonds is 5. The fraction of sp³-hybridized carbons (Fsp3) is 0.167. The van der Waals surface area contributed by atoms with Crippen molar-refractivity contribution in [1.29, 1.82) is 5.26 Å². The fourth-order valence-electron chi connectivity index (χ4n) is 1.16. The van der Waals surface area contributed by atoms with Crippen molar-refractivity contribution in [2.24, 2.45) is 0 Å². The number of halogens is 3. The first-order valence-electron chi connectivity index (χ1n) is 5.24. The quantitative estimate of drug-likeness (QED) is 0.498. The zero-order valence-electron chi connectivity index (χ0n) is 9.71. The highest BCUT2D eigenvalue weighted by Crippen LogP contribution is 2.25. The van der Waals surface area contributed by atoms with E-state index in [0.29, 0.717) is 15.7 Å². The Morgan fingerprint density at radius 1 is 1.42 bits per heavy atom. The molecular formula is C12H10Cl3N3O. The molecule has 0 atom stereocenters. The molecule has 0 aromatic heterocycles. The molecule has 1 rings (SSSR count). The number of nitrogens with one attached hydrogen (secondary N) is 2. The summed E-state index contributed by atoms with van der Waals surface area (Å²) in [6, 6.07) is 6.62. The van der Waals surface area contributed by atoms with Crippen LogP contribution in [-0.4, -0.2) is 18.3 Å². The van der Waals surface area contributed by atoms with Crippen LogP contribution in [0.15, 0.2) is 30.0 Å². The summed E-state index contributed by atoms with van der Waals surface area (Å²) in [5.41, 5.74) is 0.424. The molecule has 100 valence electrons. The van der Waals surface area contributed by atoms with E-state index < -0.39 is 5.91 Å². The second kappa shape index (κ2) is 7.90. The Morgan fingerprint density at radius 3 is 2.79 bits per heavy atom. The van der Waals surface area contributed by atoms with Crippen LogP contribution in [0.2, 0.25) is 10.0 Å². The van der Waals surface area contributed by atoms with Gasteiger partial charge in [0.05, 0.1) is 10.7 Å². The topological polar surface area (TPSA) is 64.9 Å². The Morgan fingerprint density at radius 2 is 2.16 bits per heavy atom. The molecule has 0 fully saturated rings. The standard InChI is InChI=1S/C12H10Cl3N3O/c13-3-4-17-12(19)8(6-16)7-18-11-5-9(14)1-2-10(11)15/h1-2,5,7,18H,3-4H2,(H,17,19)/b8-7-. The van der Waals surface area contributed by atoms with E-state index in [1.165, 1.54) is 6.20 Å². The first-order chi connectivity index (χ1) is 9.08. The molecule has 0 heterocycles. The highest BCUT2D eigenvalue weighted by molar-refractivity contribution is 6.35. The summed E-state index contributed by atoms with van der Waals surface area (Å²) in [5, 5.41) is 15.1. The monoisotopic (exact) mass is 317 g/mol. The van der Waals surface area contributed by atoms with Gasteiger partial charge in [0, 0.05) is 23.6 Å². The van der Waals surface area contributed by atoms with Crippen LogP contribution in [0.25, 0.3) is 0 Å². The van der Waals surface area contributed by atoms with Crippen LogP contribution in [0.3, 0.4) is 0 Å². The lowest BCUT2D eigenvalue weighted by Gasteiger charge is -2.05. The highest BCUT2D eigenvalue weighted by atomic mass is 35.5. The first-order valence-corrected chi connectivity index (χ1v) is 6.53. The molecule has 0 saturated carbocycles. The van der Waals surface area contributed by atoms with Crippen LogP contribution in [-0.2, 0) is 4.79 Å². The second-order valence-corrected chi connectivity index (χ2v) is 4.60. The van der Waals surface area contributed by atoms with Crippen molar-refractivity contribution in [1.82, 2.24) is 5.32 Å². The molecule has 0 aliphatic rings. The third-order valence-corrected chi connectivity index (χ3v) is 2.80. The summed E-state index contributed by atoms with van der Waals surface area (Å²) in [6.07, 6.45) is 1.26. The molecule has 0 radical (unpaired) electrons. The van der Waals surface area contributed by atoms with Gasteiger partial charge in [0.25, 0.3) is 5.91 Å². The van der Waals surface area contributed by atoms with E-state index in [0.717, 1.165) is 0 Å². The second-order valence-electron chi connectivity index (χ2n) is 3.38. The summed E-state index contributed by atoms with van der Waals surface area (Å²) in [6.45, 7) is 0.289. The van der Waals surface area contributed by atoms with Crippen LogP contribution < -0.4 is 10.6 Å². The number of amides is 1. The predicted molar refractivity (Wildman–Crippen MR) is 77.5 cm³/mol. The number of carbonyl (C=O) groups excluding carboxylic acids is 1. The Balaban J connectivity index is 2.80. The minimum absolute atomic E-state index is 0.0823. The Hall–Kier alpha value is -1.41. The molecule has 0 aliphatic carbocycles. The van der Waals surface area contributed by atoms with Gasteiger partial charge in [-0.3, -0.25) is 4.79 Å². The van der Waals surface area contributed by atoms with E-state index in [1.54, 1.807) is 24.3 Å². The Kier molecular flexibility index (Phi) is 6.51. The minimum atomic E-state index is -0.506. The van der Waals surface area contributed by atoms with Crippen molar-refractivity contribution in [3.63, 3.8) is 0 Å². The van der Waals surface area contributed by atoms with E-state index in [2.05, 4.69) is 10.6 Å². The van der Waals surface area contributed by atoms with Crippen LogP contribution in [0.5, 0.6) is 0 Å². The average Bonchev–Trinajstić information content (AvgIpc) is 2.40. The van der Waals surface area contributed by atoms with Gasteiger partial charge in [-0.2, -0.15) is 5.26 Å². The molecule has 1 aromatic rings. The van der Waals surface area contributed by atoms with Crippen molar-refractivity contribution in [3.05, 3.63) is 40.0 Å². The zero-order chi connectivity index (χ0) is 14.3. The normalized spacial score (nSPS) is 10.7. The van der Waals surface area contributed by atoms with Gasteiger partial charge in [0.2, 0.25) is 0 Å². The highest BCUT2D eigenvalue weighted by Gasteiger charge is 2.08. The molecule has 4 nitrogen and oxygen atoms in total. The molecule has 0 aliphatic heterocycles. The van der Waals surface area contributed by atoms with Gasteiger partial charge in [-0.15, -0.1) is 11.6 Å².